The molecule has 0 aliphatic carbocycles. The minimum Gasteiger partial charge on any atom is -0.480 e. The Bertz CT molecular complexity index is 472. The molecule has 6 nitrogen and oxygen atoms in total. The van der Waals surface area contributed by atoms with Crippen LogP contribution in [-0.2, 0) is 4.79 Å². The lowest BCUT2D eigenvalue weighted by Gasteiger charge is -2.13. The molecule has 0 aromatic carbocycles. The van der Waals surface area contributed by atoms with E-state index in [1.165, 1.54) is 6.07 Å². The van der Waals surface area contributed by atoms with Crippen molar-refractivity contribution >= 4 is 47.7 Å². The Kier molecular flexibility index (Phi) is 5.64. The summed E-state index contributed by atoms with van der Waals surface area (Å²) in [6, 6.07) is 0.171. The Labute approximate surface area is 118 Å². The fraction of sp³-hybridized carbons (Fsp3) is 0.333. The van der Waals surface area contributed by atoms with Gasteiger partial charge in [-0.05, 0) is 18.2 Å². The first-order chi connectivity index (χ1) is 8.45. The number of rotatable bonds is 5. The van der Waals surface area contributed by atoms with E-state index in [1.54, 1.807) is 0 Å². The number of hydrogen-bond donors (Lipinski definition) is 3. The molecule has 0 aliphatic rings. The second kappa shape index (κ2) is 6.77. The van der Waals surface area contributed by atoms with Crippen molar-refractivity contribution in [2.45, 2.75) is 12.5 Å². The number of carboxylic acid groups (broad SMARTS) is 1. The van der Waals surface area contributed by atoms with Gasteiger partial charge in [0.15, 0.2) is 10.3 Å². The number of carbonyl (C=O) groups excluding carboxylic acids is 1. The maximum Gasteiger partial charge on any atom is 0.326 e. The summed E-state index contributed by atoms with van der Waals surface area (Å²) in [6.45, 7) is 0. The Morgan fingerprint density at radius 2 is 2.11 bits per heavy atom. The highest BCUT2D eigenvalue weighted by atomic mass is 35.5. The van der Waals surface area contributed by atoms with Gasteiger partial charge in [-0.15, -0.1) is 10.2 Å². The van der Waals surface area contributed by atoms with Gasteiger partial charge in [0, 0.05) is 0 Å². The van der Waals surface area contributed by atoms with E-state index in [9.17, 15) is 9.59 Å². The maximum atomic E-state index is 11.8. The van der Waals surface area contributed by atoms with E-state index < -0.39 is 17.9 Å². The molecule has 1 aromatic rings. The van der Waals surface area contributed by atoms with E-state index in [-0.39, 0.29) is 22.3 Å². The molecule has 98 valence electrons. The number of halogens is 2. The molecule has 0 fully saturated rings. The van der Waals surface area contributed by atoms with Crippen LogP contribution in [-0.4, -0.2) is 39.0 Å². The summed E-state index contributed by atoms with van der Waals surface area (Å²) in [7, 11) is 0. The van der Waals surface area contributed by atoms with Crippen molar-refractivity contribution in [3.63, 3.8) is 0 Å². The number of thiol groups is 1. The first kappa shape index (κ1) is 15.0. The van der Waals surface area contributed by atoms with Gasteiger partial charge in [-0.1, -0.05) is 23.2 Å². The van der Waals surface area contributed by atoms with Crippen LogP contribution in [0.5, 0.6) is 0 Å². The van der Waals surface area contributed by atoms with E-state index >= 15 is 0 Å². The van der Waals surface area contributed by atoms with Crippen molar-refractivity contribution in [1.82, 2.24) is 15.5 Å². The molecule has 0 aliphatic heterocycles. The third kappa shape index (κ3) is 4.01. The van der Waals surface area contributed by atoms with Crippen LogP contribution in [0.4, 0.5) is 0 Å². The zero-order valence-electron chi connectivity index (χ0n) is 8.93. The number of carboxylic acids is 1. The van der Waals surface area contributed by atoms with Gasteiger partial charge in [0.2, 0.25) is 0 Å². The number of nitrogens with one attached hydrogen (secondary N) is 1. The molecule has 1 atom stereocenters. The van der Waals surface area contributed by atoms with Crippen LogP contribution in [0.3, 0.4) is 0 Å². The number of hydrogen-bond acceptors (Lipinski definition) is 5. The smallest absolute Gasteiger partial charge is 0.326 e. The maximum absolute atomic E-state index is 11.8. The van der Waals surface area contributed by atoms with Crippen molar-refractivity contribution in [3.05, 3.63) is 21.9 Å². The zero-order valence-corrected chi connectivity index (χ0v) is 11.3. The highest BCUT2D eigenvalue weighted by Crippen LogP contribution is 2.15. The van der Waals surface area contributed by atoms with E-state index in [0.717, 1.165) is 0 Å². The van der Waals surface area contributed by atoms with Crippen LogP contribution in [0.2, 0.25) is 10.3 Å². The number of carbonyl (C=O) groups is 2. The molecule has 0 saturated carbocycles. The Morgan fingerprint density at radius 3 is 2.67 bits per heavy atom. The predicted molar refractivity (Wildman–Crippen MR) is 69.4 cm³/mol. The van der Waals surface area contributed by atoms with Gasteiger partial charge < -0.3 is 10.4 Å². The molecule has 1 rings (SSSR count). The van der Waals surface area contributed by atoms with Crippen LogP contribution in [0.1, 0.15) is 16.8 Å². The summed E-state index contributed by atoms with van der Waals surface area (Å²) < 4.78 is 0. The van der Waals surface area contributed by atoms with Crippen LogP contribution in [0.25, 0.3) is 0 Å². The molecule has 1 amide bonds. The standard InChI is InChI=1S/C9H9Cl2N3O3S/c10-6-3-4(7(11)14-13-6)8(15)12-5(1-2-18)9(16)17/h3,5,18H,1-2H2,(H,12,15)(H,16,17). The first-order valence-electron chi connectivity index (χ1n) is 4.79. The predicted octanol–water partition coefficient (Wildman–Crippen LogP) is 1.29. The molecule has 0 bridgehead atoms. The third-order valence-corrected chi connectivity index (χ3v) is 2.71. The monoisotopic (exact) mass is 309 g/mol. The first-order valence-corrected chi connectivity index (χ1v) is 6.17. The van der Waals surface area contributed by atoms with Crippen LogP contribution in [0.15, 0.2) is 6.07 Å². The minimum atomic E-state index is -1.15. The van der Waals surface area contributed by atoms with Gasteiger partial charge in [0.05, 0.1) is 5.56 Å². The van der Waals surface area contributed by atoms with Crippen molar-refractivity contribution in [2.75, 3.05) is 5.75 Å². The van der Waals surface area contributed by atoms with Gasteiger partial charge >= 0.3 is 5.97 Å². The van der Waals surface area contributed by atoms with Crippen molar-refractivity contribution < 1.29 is 14.7 Å². The van der Waals surface area contributed by atoms with Crippen LogP contribution >= 0.6 is 35.8 Å². The fourth-order valence-electron chi connectivity index (χ4n) is 1.13. The number of amides is 1. The molecular weight excluding hydrogens is 301 g/mol. The molecule has 0 spiro atoms. The van der Waals surface area contributed by atoms with Gasteiger partial charge in [-0.3, -0.25) is 4.79 Å². The largest absolute Gasteiger partial charge is 0.480 e. The van der Waals surface area contributed by atoms with E-state index in [1.807, 2.05) is 0 Å². The van der Waals surface area contributed by atoms with Gasteiger partial charge in [-0.2, -0.15) is 12.6 Å². The molecule has 2 N–H and O–H groups in total. The molecule has 1 heterocycles. The van der Waals surface area contributed by atoms with E-state index in [2.05, 4.69) is 28.1 Å². The summed E-state index contributed by atoms with van der Waals surface area (Å²) >= 11 is 15.2. The van der Waals surface area contributed by atoms with Crippen molar-refractivity contribution in [1.29, 1.82) is 0 Å². The highest BCUT2D eigenvalue weighted by Gasteiger charge is 2.22. The molecule has 1 unspecified atom stereocenters. The van der Waals surface area contributed by atoms with Gasteiger partial charge in [0.25, 0.3) is 5.91 Å². The number of aromatic nitrogens is 2. The lowest BCUT2D eigenvalue weighted by Crippen LogP contribution is -2.41. The lowest BCUT2D eigenvalue weighted by molar-refractivity contribution is -0.139. The van der Waals surface area contributed by atoms with Crippen molar-refractivity contribution in [3.8, 4) is 0 Å². The van der Waals surface area contributed by atoms with Gasteiger partial charge in [-0.25, -0.2) is 4.79 Å². The quantitative estimate of drug-likeness (QED) is 0.713. The Hall–Kier alpha value is -1.05. The second-order valence-electron chi connectivity index (χ2n) is 3.25. The summed E-state index contributed by atoms with van der Waals surface area (Å²) in [5.74, 6) is -1.51. The highest BCUT2D eigenvalue weighted by molar-refractivity contribution is 7.80. The second-order valence-corrected chi connectivity index (χ2v) is 4.44. The fourth-order valence-corrected chi connectivity index (χ4v) is 1.72. The average Bonchev–Trinajstić information content (AvgIpc) is 2.31. The minimum absolute atomic E-state index is 0.00868. The van der Waals surface area contributed by atoms with E-state index in [4.69, 9.17) is 28.3 Å². The number of nitrogens with zero attached hydrogens (tertiary/aromatic N) is 2. The molecule has 1 aromatic heterocycles. The molecule has 0 radical (unpaired) electrons. The number of aliphatic carboxylic acids is 1. The topological polar surface area (TPSA) is 92.2 Å². The summed E-state index contributed by atoms with van der Waals surface area (Å²) in [4.78, 5) is 22.7. The van der Waals surface area contributed by atoms with Crippen LogP contribution in [0, 0.1) is 0 Å². The van der Waals surface area contributed by atoms with E-state index in [0.29, 0.717) is 5.75 Å². The molecule has 9 heteroatoms. The lowest BCUT2D eigenvalue weighted by atomic mass is 10.2. The Morgan fingerprint density at radius 1 is 1.44 bits per heavy atom. The molecule has 18 heavy (non-hydrogen) atoms. The summed E-state index contributed by atoms with van der Waals surface area (Å²) in [5.41, 5.74) is -0.0259. The normalized spacial score (nSPS) is 11.9. The summed E-state index contributed by atoms with van der Waals surface area (Å²) in [6.07, 6.45) is 0.189. The van der Waals surface area contributed by atoms with Gasteiger partial charge in [0.1, 0.15) is 6.04 Å². The zero-order chi connectivity index (χ0) is 13.7. The van der Waals surface area contributed by atoms with Crippen LogP contribution < -0.4 is 5.32 Å². The molecule has 0 saturated heterocycles. The average molecular weight is 310 g/mol. The SMILES string of the molecule is O=C(NC(CCS)C(=O)O)c1cc(Cl)nnc1Cl. The third-order valence-electron chi connectivity index (χ3n) is 1.98. The Balaban J connectivity index is 2.86. The summed E-state index contributed by atoms with van der Waals surface area (Å²) in [5, 5.41) is 17.9. The van der Waals surface area contributed by atoms with Crippen molar-refractivity contribution in [2.24, 2.45) is 0 Å². The molecular formula is C9H9Cl2N3O3S.